The standard InChI is InChI=1S/C22H19ClF4N2O3S/c1-15(19-7-4-5-12-28-19)29(33(30,31)21-10-9-17(23)14-18(21)24)13-11-16-6-2-3-8-20(16)32-22(25,26)27/h2-10,12,14-15H,11,13H2,1H3. The van der Waals surface area contributed by atoms with Crippen LogP contribution in [0.15, 0.2) is 71.8 Å². The molecular formula is C22H19ClF4N2O3S. The molecule has 0 saturated carbocycles. The number of hydrogen-bond donors (Lipinski definition) is 0. The molecule has 0 radical (unpaired) electrons. The zero-order valence-electron chi connectivity index (χ0n) is 17.3. The zero-order chi connectivity index (χ0) is 24.2. The summed E-state index contributed by atoms with van der Waals surface area (Å²) in [5.74, 6) is -1.48. The molecule has 33 heavy (non-hydrogen) atoms. The molecule has 0 N–H and O–H groups in total. The van der Waals surface area contributed by atoms with E-state index < -0.39 is 38.9 Å². The van der Waals surface area contributed by atoms with Gasteiger partial charge in [0.05, 0.1) is 11.7 Å². The van der Waals surface area contributed by atoms with E-state index in [4.69, 9.17) is 11.6 Å². The van der Waals surface area contributed by atoms with Crippen molar-refractivity contribution in [1.29, 1.82) is 0 Å². The Bertz CT molecular complexity index is 1210. The van der Waals surface area contributed by atoms with Gasteiger partial charge < -0.3 is 4.74 Å². The van der Waals surface area contributed by atoms with E-state index in [1.54, 1.807) is 25.1 Å². The van der Waals surface area contributed by atoms with Crippen molar-refractivity contribution in [3.05, 3.63) is 89.0 Å². The summed E-state index contributed by atoms with van der Waals surface area (Å²) < 4.78 is 84.7. The maximum Gasteiger partial charge on any atom is 0.573 e. The molecule has 0 spiro atoms. The van der Waals surface area contributed by atoms with E-state index in [9.17, 15) is 26.0 Å². The summed E-state index contributed by atoms with van der Waals surface area (Å²) in [5, 5.41) is 0.0222. The number of pyridine rings is 1. The fourth-order valence-electron chi connectivity index (χ4n) is 3.27. The molecule has 0 aliphatic carbocycles. The monoisotopic (exact) mass is 502 g/mol. The summed E-state index contributed by atoms with van der Waals surface area (Å²) in [7, 11) is -4.42. The van der Waals surface area contributed by atoms with E-state index in [2.05, 4.69) is 9.72 Å². The van der Waals surface area contributed by atoms with Crippen LogP contribution in [0.5, 0.6) is 5.75 Å². The highest BCUT2D eigenvalue weighted by Crippen LogP contribution is 2.31. The Labute approximate surface area is 193 Å². The highest BCUT2D eigenvalue weighted by Gasteiger charge is 2.34. The molecule has 0 saturated heterocycles. The van der Waals surface area contributed by atoms with Gasteiger partial charge in [0, 0.05) is 17.8 Å². The Morgan fingerprint density at radius 3 is 2.42 bits per heavy atom. The van der Waals surface area contributed by atoms with Crippen molar-refractivity contribution < 1.29 is 30.7 Å². The number of rotatable bonds is 8. The van der Waals surface area contributed by atoms with E-state index >= 15 is 0 Å². The maximum absolute atomic E-state index is 14.5. The Morgan fingerprint density at radius 1 is 1.09 bits per heavy atom. The summed E-state index contributed by atoms with van der Waals surface area (Å²) in [5.41, 5.74) is 0.523. The molecule has 1 aromatic heterocycles. The molecule has 2 aromatic carbocycles. The van der Waals surface area contributed by atoms with E-state index in [1.807, 2.05) is 0 Å². The van der Waals surface area contributed by atoms with Crippen molar-refractivity contribution in [3.63, 3.8) is 0 Å². The van der Waals surface area contributed by atoms with Crippen LogP contribution in [-0.4, -0.2) is 30.6 Å². The van der Waals surface area contributed by atoms with Gasteiger partial charge >= 0.3 is 6.36 Å². The first-order valence-electron chi connectivity index (χ1n) is 9.70. The highest BCUT2D eigenvalue weighted by molar-refractivity contribution is 7.89. The first kappa shape index (κ1) is 24.9. The predicted octanol–water partition coefficient (Wildman–Crippen LogP) is 5.77. The summed E-state index contributed by atoms with van der Waals surface area (Å²) in [6.07, 6.45) is -3.56. The minimum atomic E-state index is -4.91. The molecule has 0 amide bonds. The SMILES string of the molecule is CC(c1ccccn1)N(CCc1ccccc1OC(F)(F)F)S(=O)(=O)c1ccc(Cl)cc1F. The molecule has 1 unspecified atom stereocenters. The molecule has 5 nitrogen and oxygen atoms in total. The van der Waals surface area contributed by atoms with E-state index in [-0.39, 0.29) is 23.6 Å². The third-order valence-corrected chi connectivity index (χ3v) is 7.07. The lowest BCUT2D eigenvalue weighted by Gasteiger charge is -2.28. The summed E-state index contributed by atoms with van der Waals surface area (Å²) in [4.78, 5) is 3.57. The second-order valence-electron chi connectivity index (χ2n) is 7.03. The third-order valence-electron chi connectivity index (χ3n) is 4.83. The van der Waals surface area contributed by atoms with Crippen molar-refractivity contribution in [1.82, 2.24) is 9.29 Å². The average molecular weight is 503 g/mol. The van der Waals surface area contributed by atoms with E-state index in [0.29, 0.717) is 5.69 Å². The summed E-state index contributed by atoms with van der Waals surface area (Å²) in [6, 6.07) is 12.7. The van der Waals surface area contributed by atoms with Gasteiger partial charge in [-0.3, -0.25) is 4.98 Å². The average Bonchev–Trinajstić information content (AvgIpc) is 2.74. The fraction of sp³-hybridized carbons (Fsp3) is 0.227. The minimum Gasteiger partial charge on any atom is -0.406 e. The van der Waals surface area contributed by atoms with Crippen molar-refractivity contribution in [3.8, 4) is 5.75 Å². The number of benzene rings is 2. The van der Waals surface area contributed by atoms with Gasteiger partial charge in [0.1, 0.15) is 16.5 Å². The molecule has 3 rings (SSSR count). The van der Waals surface area contributed by atoms with Crippen molar-refractivity contribution in [2.24, 2.45) is 0 Å². The molecule has 0 aliphatic heterocycles. The summed E-state index contributed by atoms with van der Waals surface area (Å²) >= 11 is 5.75. The van der Waals surface area contributed by atoms with Crippen molar-refractivity contribution in [2.45, 2.75) is 30.6 Å². The van der Waals surface area contributed by atoms with Crippen LogP contribution < -0.4 is 4.74 Å². The number of nitrogens with zero attached hydrogens (tertiary/aromatic N) is 2. The molecule has 1 atom stereocenters. The quantitative estimate of drug-likeness (QED) is 0.367. The van der Waals surface area contributed by atoms with Gasteiger partial charge in [-0.15, -0.1) is 13.2 Å². The van der Waals surface area contributed by atoms with Crippen LogP contribution in [0.1, 0.15) is 24.2 Å². The van der Waals surface area contributed by atoms with Gasteiger partial charge in [-0.05, 0) is 55.3 Å². The first-order valence-corrected chi connectivity index (χ1v) is 11.5. The second-order valence-corrected chi connectivity index (χ2v) is 9.32. The molecule has 0 fully saturated rings. The molecule has 1 heterocycles. The predicted molar refractivity (Wildman–Crippen MR) is 115 cm³/mol. The molecule has 3 aromatic rings. The Morgan fingerprint density at radius 2 is 1.79 bits per heavy atom. The maximum atomic E-state index is 14.5. The van der Waals surface area contributed by atoms with E-state index in [0.717, 1.165) is 22.5 Å². The Balaban J connectivity index is 1.99. The van der Waals surface area contributed by atoms with E-state index in [1.165, 1.54) is 30.5 Å². The molecule has 0 aliphatic rings. The second kappa shape index (κ2) is 10.1. The van der Waals surface area contributed by atoms with Crippen LogP contribution in [0.3, 0.4) is 0 Å². The number of sulfonamides is 1. The van der Waals surface area contributed by atoms with Crippen LogP contribution in [-0.2, 0) is 16.4 Å². The first-order chi connectivity index (χ1) is 15.5. The molecular weight excluding hydrogens is 484 g/mol. The van der Waals surface area contributed by atoms with Gasteiger partial charge in [0.15, 0.2) is 0 Å². The summed E-state index contributed by atoms with van der Waals surface area (Å²) in [6.45, 7) is 1.30. The van der Waals surface area contributed by atoms with Crippen LogP contribution in [0.4, 0.5) is 17.6 Å². The number of aromatic nitrogens is 1. The smallest absolute Gasteiger partial charge is 0.406 e. The van der Waals surface area contributed by atoms with Crippen molar-refractivity contribution in [2.75, 3.05) is 6.54 Å². The topological polar surface area (TPSA) is 59.5 Å². The van der Waals surface area contributed by atoms with Crippen LogP contribution in [0, 0.1) is 5.82 Å². The number of halogens is 5. The zero-order valence-corrected chi connectivity index (χ0v) is 18.8. The molecule has 11 heteroatoms. The number of para-hydroxylation sites is 1. The van der Waals surface area contributed by atoms with Crippen LogP contribution in [0.25, 0.3) is 0 Å². The van der Waals surface area contributed by atoms with Crippen molar-refractivity contribution >= 4 is 21.6 Å². The van der Waals surface area contributed by atoms with Gasteiger partial charge in [-0.25, -0.2) is 12.8 Å². The lowest BCUT2D eigenvalue weighted by atomic mass is 10.1. The lowest BCUT2D eigenvalue weighted by Crippen LogP contribution is -2.36. The lowest BCUT2D eigenvalue weighted by molar-refractivity contribution is -0.274. The normalized spacial score (nSPS) is 13.2. The van der Waals surface area contributed by atoms with Gasteiger partial charge in [0.25, 0.3) is 0 Å². The fourth-order valence-corrected chi connectivity index (χ4v) is 5.08. The van der Waals surface area contributed by atoms with Gasteiger partial charge in [-0.2, -0.15) is 4.31 Å². The number of alkyl halides is 3. The number of ether oxygens (including phenoxy) is 1. The Kier molecular flexibility index (Phi) is 7.61. The Hall–Kier alpha value is -2.69. The molecule has 176 valence electrons. The van der Waals surface area contributed by atoms with Crippen LogP contribution in [0.2, 0.25) is 5.02 Å². The number of hydrogen-bond acceptors (Lipinski definition) is 4. The van der Waals surface area contributed by atoms with Gasteiger partial charge in [-0.1, -0.05) is 35.9 Å². The largest absolute Gasteiger partial charge is 0.573 e. The van der Waals surface area contributed by atoms with Crippen LogP contribution >= 0.6 is 11.6 Å². The van der Waals surface area contributed by atoms with Gasteiger partial charge in [0.2, 0.25) is 10.0 Å². The molecule has 0 bridgehead atoms. The minimum absolute atomic E-state index is 0.0222. The highest BCUT2D eigenvalue weighted by atomic mass is 35.5. The third kappa shape index (κ3) is 6.21.